The fraction of sp³-hybridized carbons (Fsp3) is 0.167. The summed E-state index contributed by atoms with van der Waals surface area (Å²) < 4.78 is 4.88. The van der Waals surface area contributed by atoms with Crippen molar-refractivity contribution in [3.8, 4) is 0 Å². The lowest BCUT2D eigenvalue weighted by Gasteiger charge is -2.10. The first kappa shape index (κ1) is 19.8. The highest BCUT2D eigenvalue weighted by atomic mass is 35.5. The number of nitrogens with one attached hydrogen (secondary N) is 3. The van der Waals surface area contributed by atoms with Gasteiger partial charge in [0.2, 0.25) is 0 Å². The minimum Gasteiger partial charge on any atom is -0.383 e. The molecule has 0 aliphatic carbocycles. The molecular weight excluding hydrogens is 374 g/mol. The van der Waals surface area contributed by atoms with E-state index in [-0.39, 0.29) is 16.9 Å². The monoisotopic (exact) mass is 391 g/mol. The molecule has 2 aromatic carbocycles. The van der Waals surface area contributed by atoms with Crippen molar-refractivity contribution in [2.45, 2.75) is 0 Å². The van der Waals surface area contributed by atoms with E-state index in [9.17, 15) is 9.59 Å². The number of thiocarbonyl (C=S) groups is 1. The number of methoxy groups -OCH3 is 1. The van der Waals surface area contributed by atoms with Gasteiger partial charge in [0, 0.05) is 35.5 Å². The molecule has 0 radical (unpaired) electrons. The Morgan fingerprint density at radius 2 is 1.81 bits per heavy atom. The van der Waals surface area contributed by atoms with Crippen molar-refractivity contribution in [3.63, 3.8) is 0 Å². The van der Waals surface area contributed by atoms with E-state index in [0.717, 1.165) is 0 Å². The van der Waals surface area contributed by atoms with Crippen molar-refractivity contribution < 1.29 is 14.3 Å². The molecule has 0 fully saturated rings. The van der Waals surface area contributed by atoms with Crippen molar-refractivity contribution in [3.05, 3.63) is 64.7 Å². The van der Waals surface area contributed by atoms with E-state index in [1.54, 1.807) is 55.6 Å². The Morgan fingerprint density at radius 1 is 1.08 bits per heavy atom. The summed E-state index contributed by atoms with van der Waals surface area (Å²) in [5.41, 5.74) is 1.57. The maximum absolute atomic E-state index is 12.1. The van der Waals surface area contributed by atoms with Gasteiger partial charge >= 0.3 is 0 Å². The second-order valence-electron chi connectivity index (χ2n) is 5.24. The molecule has 8 heteroatoms. The SMILES string of the molecule is COCCNC(=O)c1ccc(NC(=S)NC(=O)c2cccc(Cl)c2)cc1. The highest BCUT2D eigenvalue weighted by Gasteiger charge is 2.09. The molecule has 0 aliphatic rings. The van der Waals surface area contributed by atoms with Gasteiger partial charge in [0.05, 0.1) is 6.61 Å². The molecule has 0 spiro atoms. The summed E-state index contributed by atoms with van der Waals surface area (Å²) in [6.07, 6.45) is 0. The molecule has 0 heterocycles. The Hall–Kier alpha value is -2.48. The van der Waals surface area contributed by atoms with Crippen molar-refractivity contribution in [1.82, 2.24) is 10.6 Å². The van der Waals surface area contributed by atoms with Crippen LogP contribution in [0.4, 0.5) is 5.69 Å². The van der Waals surface area contributed by atoms with Gasteiger partial charge in [-0.15, -0.1) is 0 Å². The number of hydrogen-bond acceptors (Lipinski definition) is 4. The second kappa shape index (κ2) is 9.86. The van der Waals surface area contributed by atoms with Crippen LogP contribution in [0.2, 0.25) is 5.02 Å². The Bertz CT molecular complexity index is 797. The lowest BCUT2D eigenvalue weighted by atomic mass is 10.2. The van der Waals surface area contributed by atoms with Gasteiger partial charge in [-0.2, -0.15) is 0 Å². The average molecular weight is 392 g/mol. The maximum atomic E-state index is 12.1. The Labute approximate surface area is 161 Å². The van der Waals surface area contributed by atoms with Crippen LogP contribution in [0.5, 0.6) is 0 Å². The van der Waals surface area contributed by atoms with E-state index in [4.69, 9.17) is 28.6 Å². The van der Waals surface area contributed by atoms with Crippen LogP contribution in [0.15, 0.2) is 48.5 Å². The molecule has 0 bridgehead atoms. The van der Waals surface area contributed by atoms with E-state index >= 15 is 0 Å². The van der Waals surface area contributed by atoms with Crippen LogP contribution >= 0.6 is 23.8 Å². The molecule has 0 aliphatic heterocycles. The van der Waals surface area contributed by atoms with Crippen LogP contribution in [-0.4, -0.2) is 37.2 Å². The molecule has 3 N–H and O–H groups in total. The Balaban J connectivity index is 1.89. The highest BCUT2D eigenvalue weighted by Crippen LogP contribution is 2.11. The first-order valence-corrected chi connectivity index (χ1v) is 8.53. The molecule has 0 atom stereocenters. The lowest BCUT2D eigenvalue weighted by Crippen LogP contribution is -2.34. The Kier molecular flexibility index (Phi) is 7.53. The van der Waals surface area contributed by atoms with Crippen molar-refractivity contribution in [2.24, 2.45) is 0 Å². The predicted octanol–water partition coefficient (Wildman–Crippen LogP) is 2.84. The first-order valence-electron chi connectivity index (χ1n) is 7.74. The molecule has 0 aromatic heterocycles. The number of hydrogen-bond donors (Lipinski definition) is 3. The molecule has 0 unspecified atom stereocenters. The molecule has 136 valence electrons. The van der Waals surface area contributed by atoms with Gasteiger partial charge in [0.1, 0.15) is 0 Å². The number of amides is 2. The number of benzene rings is 2. The summed E-state index contributed by atoms with van der Waals surface area (Å²) in [6, 6.07) is 13.3. The summed E-state index contributed by atoms with van der Waals surface area (Å²) in [6.45, 7) is 0.890. The molecule has 0 saturated heterocycles. The van der Waals surface area contributed by atoms with Crippen molar-refractivity contribution in [1.29, 1.82) is 0 Å². The third kappa shape index (κ3) is 6.11. The molecular formula is C18H18ClN3O3S. The number of ether oxygens (including phenoxy) is 1. The predicted molar refractivity (Wildman–Crippen MR) is 106 cm³/mol. The van der Waals surface area contributed by atoms with Crippen molar-refractivity contribution >= 4 is 46.4 Å². The van der Waals surface area contributed by atoms with E-state index in [1.165, 1.54) is 0 Å². The number of carbonyl (C=O) groups is 2. The fourth-order valence-corrected chi connectivity index (χ4v) is 2.44. The third-order valence-electron chi connectivity index (χ3n) is 3.31. The standard InChI is InChI=1S/C18H18ClN3O3S/c1-25-10-9-20-16(23)12-5-7-15(8-6-12)21-18(26)22-17(24)13-3-2-4-14(19)11-13/h2-8,11H,9-10H2,1H3,(H,20,23)(H2,21,22,24,26). The number of rotatable bonds is 6. The highest BCUT2D eigenvalue weighted by molar-refractivity contribution is 7.80. The molecule has 26 heavy (non-hydrogen) atoms. The fourth-order valence-electron chi connectivity index (χ4n) is 2.04. The zero-order valence-electron chi connectivity index (χ0n) is 14.0. The van der Waals surface area contributed by atoms with E-state index in [2.05, 4.69) is 16.0 Å². The Morgan fingerprint density at radius 3 is 2.46 bits per heavy atom. The normalized spacial score (nSPS) is 10.1. The van der Waals surface area contributed by atoms with Crippen LogP contribution in [-0.2, 0) is 4.74 Å². The summed E-state index contributed by atoms with van der Waals surface area (Å²) in [4.78, 5) is 24.0. The molecule has 2 amide bonds. The van der Waals surface area contributed by atoms with Gasteiger partial charge < -0.3 is 15.4 Å². The number of halogens is 1. The zero-order chi connectivity index (χ0) is 18.9. The van der Waals surface area contributed by atoms with Crippen molar-refractivity contribution in [2.75, 3.05) is 25.6 Å². The van der Waals surface area contributed by atoms with E-state index in [0.29, 0.717) is 35.0 Å². The van der Waals surface area contributed by atoms with Crippen LogP contribution in [0.25, 0.3) is 0 Å². The van der Waals surface area contributed by atoms with Crippen LogP contribution in [0.3, 0.4) is 0 Å². The van der Waals surface area contributed by atoms with Crippen LogP contribution < -0.4 is 16.0 Å². The minimum absolute atomic E-state index is 0.146. The van der Waals surface area contributed by atoms with E-state index < -0.39 is 0 Å². The summed E-state index contributed by atoms with van der Waals surface area (Å²) >= 11 is 11.0. The average Bonchev–Trinajstić information content (AvgIpc) is 2.62. The lowest BCUT2D eigenvalue weighted by molar-refractivity contribution is 0.0935. The van der Waals surface area contributed by atoms with Gasteiger partial charge in [-0.3, -0.25) is 14.9 Å². The maximum Gasteiger partial charge on any atom is 0.257 e. The summed E-state index contributed by atoms with van der Waals surface area (Å²) in [5, 5.41) is 8.81. The van der Waals surface area contributed by atoms with Crippen LogP contribution in [0, 0.1) is 0 Å². The summed E-state index contributed by atoms with van der Waals surface area (Å²) in [5.74, 6) is -0.551. The minimum atomic E-state index is -0.362. The topological polar surface area (TPSA) is 79.5 Å². The molecule has 6 nitrogen and oxygen atoms in total. The van der Waals surface area contributed by atoms with Gasteiger partial charge in [0.25, 0.3) is 11.8 Å². The molecule has 2 aromatic rings. The van der Waals surface area contributed by atoms with E-state index in [1.807, 2.05) is 0 Å². The summed E-state index contributed by atoms with van der Waals surface area (Å²) in [7, 11) is 1.57. The molecule has 0 saturated carbocycles. The quantitative estimate of drug-likeness (QED) is 0.521. The first-order chi connectivity index (χ1) is 12.5. The smallest absolute Gasteiger partial charge is 0.257 e. The van der Waals surface area contributed by atoms with Crippen LogP contribution in [0.1, 0.15) is 20.7 Å². The van der Waals surface area contributed by atoms with Gasteiger partial charge in [-0.05, 0) is 54.7 Å². The largest absolute Gasteiger partial charge is 0.383 e. The third-order valence-corrected chi connectivity index (χ3v) is 3.75. The van der Waals surface area contributed by atoms with Gasteiger partial charge in [-0.25, -0.2) is 0 Å². The van der Waals surface area contributed by atoms with Gasteiger partial charge in [0.15, 0.2) is 5.11 Å². The zero-order valence-corrected chi connectivity index (χ0v) is 15.6. The second-order valence-corrected chi connectivity index (χ2v) is 6.09. The van der Waals surface area contributed by atoms with Gasteiger partial charge in [-0.1, -0.05) is 17.7 Å². The number of carbonyl (C=O) groups excluding carboxylic acids is 2. The molecule has 2 rings (SSSR count). The number of anilines is 1.